The number of anilines is 1. The molecule has 3 rings (SSSR count). The average Bonchev–Trinajstić information content (AvgIpc) is 2.61. The first-order valence-electron chi connectivity index (χ1n) is 7.69. The van der Waals surface area contributed by atoms with E-state index in [0.717, 1.165) is 16.3 Å². The first-order valence-corrected chi connectivity index (χ1v) is 9.29. The Morgan fingerprint density at radius 1 is 1.15 bits per heavy atom. The van der Waals surface area contributed by atoms with Crippen LogP contribution in [0.25, 0.3) is 0 Å². The monoisotopic (exact) mass is 402 g/mol. The first kappa shape index (κ1) is 18.5. The molecule has 2 N–H and O–H groups in total. The van der Waals surface area contributed by atoms with Crippen molar-refractivity contribution in [2.24, 2.45) is 0 Å². The van der Waals surface area contributed by atoms with Crippen molar-refractivity contribution in [2.75, 3.05) is 5.32 Å². The van der Waals surface area contributed by atoms with Crippen molar-refractivity contribution in [3.63, 3.8) is 0 Å². The quantitative estimate of drug-likeness (QED) is 0.378. The van der Waals surface area contributed by atoms with Crippen molar-refractivity contribution >= 4 is 46.6 Å². The zero-order valence-electron chi connectivity index (χ0n) is 13.8. The van der Waals surface area contributed by atoms with Crippen LogP contribution in [0.1, 0.15) is 11.3 Å². The maximum absolute atomic E-state index is 6.14. The van der Waals surface area contributed by atoms with E-state index in [1.807, 2.05) is 37.3 Å². The number of hydrogen-bond donors (Lipinski definition) is 2. The molecule has 0 radical (unpaired) electrons. The molecule has 1 aromatic carbocycles. The van der Waals surface area contributed by atoms with Crippen LogP contribution >= 0.6 is 35.6 Å². The van der Waals surface area contributed by atoms with Gasteiger partial charge in [-0.1, -0.05) is 29.8 Å². The average molecular weight is 403 g/mol. The Kier molecular flexibility index (Phi) is 6.32. The number of benzene rings is 1. The lowest BCUT2D eigenvalue weighted by atomic mass is 10.2. The molecule has 0 atom stereocenters. The van der Waals surface area contributed by atoms with Gasteiger partial charge < -0.3 is 10.6 Å². The van der Waals surface area contributed by atoms with E-state index in [9.17, 15) is 0 Å². The standard InChI is InChI=1S/C17H15ClN6S2/c1-11-9-14(26-17-19-7-4-8-20-17)23-15(22-11)24-16(25)21-10-12-5-2-3-6-13(12)18/h2-9H,10H2,1H3,(H2,21,22,23,24,25). The highest BCUT2D eigenvalue weighted by Gasteiger charge is 2.08. The van der Waals surface area contributed by atoms with Gasteiger partial charge in [0.2, 0.25) is 5.95 Å². The summed E-state index contributed by atoms with van der Waals surface area (Å²) in [5.74, 6) is 0.417. The maximum Gasteiger partial charge on any atom is 0.230 e. The molecule has 9 heteroatoms. The lowest BCUT2D eigenvalue weighted by molar-refractivity contribution is 0.918. The van der Waals surface area contributed by atoms with E-state index in [-0.39, 0.29) is 0 Å². The molecule has 0 aliphatic rings. The summed E-state index contributed by atoms with van der Waals surface area (Å²) >= 11 is 12.8. The van der Waals surface area contributed by atoms with Gasteiger partial charge in [0.25, 0.3) is 0 Å². The molecule has 0 unspecified atom stereocenters. The molecule has 3 aromatic rings. The van der Waals surface area contributed by atoms with Gasteiger partial charge in [-0.25, -0.2) is 19.9 Å². The Hall–Kier alpha value is -2.29. The van der Waals surface area contributed by atoms with Crippen LogP contribution in [-0.4, -0.2) is 25.0 Å². The molecule has 0 spiro atoms. The second-order valence-corrected chi connectivity index (χ2v) is 7.01. The van der Waals surface area contributed by atoms with Crippen LogP contribution in [-0.2, 0) is 6.54 Å². The van der Waals surface area contributed by atoms with Crippen LogP contribution in [0.15, 0.2) is 59.0 Å². The highest BCUT2D eigenvalue weighted by Crippen LogP contribution is 2.23. The summed E-state index contributed by atoms with van der Waals surface area (Å²) < 4.78 is 0. The van der Waals surface area contributed by atoms with Crippen molar-refractivity contribution in [3.8, 4) is 0 Å². The van der Waals surface area contributed by atoms with Crippen molar-refractivity contribution in [2.45, 2.75) is 23.7 Å². The van der Waals surface area contributed by atoms with Crippen LogP contribution < -0.4 is 10.6 Å². The summed E-state index contributed by atoms with van der Waals surface area (Å²) in [7, 11) is 0. The fourth-order valence-corrected chi connectivity index (χ4v) is 3.18. The summed E-state index contributed by atoms with van der Waals surface area (Å²) in [5, 5.41) is 8.57. The predicted molar refractivity (Wildman–Crippen MR) is 107 cm³/mol. The summed E-state index contributed by atoms with van der Waals surface area (Å²) in [5.41, 5.74) is 1.77. The van der Waals surface area contributed by atoms with E-state index in [0.29, 0.717) is 27.8 Å². The zero-order chi connectivity index (χ0) is 18.4. The third-order valence-electron chi connectivity index (χ3n) is 3.19. The second kappa shape index (κ2) is 8.88. The number of rotatable bonds is 5. The zero-order valence-corrected chi connectivity index (χ0v) is 16.2. The van der Waals surface area contributed by atoms with E-state index in [2.05, 4.69) is 30.6 Å². The number of nitrogens with one attached hydrogen (secondary N) is 2. The Labute approximate surface area is 165 Å². The van der Waals surface area contributed by atoms with E-state index >= 15 is 0 Å². The first-order chi connectivity index (χ1) is 12.6. The fourth-order valence-electron chi connectivity index (χ4n) is 2.04. The van der Waals surface area contributed by atoms with Crippen molar-refractivity contribution in [1.82, 2.24) is 25.3 Å². The molecule has 0 saturated carbocycles. The largest absolute Gasteiger partial charge is 0.358 e. The second-order valence-electron chi connectivity index (χ2n) is 5.20. The lowest BCUT2D eigenvalue weighted by Gasteiger charge is -2.11. The van der Waals surface area contributed by atoms with Crippen molar-refractivity contribution in [1.29, 1.82) is 0 Å². The van der Waals surface area contributed by atoms with Crippen LogP contribution in [0.3, 0.4) is 0 Å². The maximum atomic E-state index is 6.14. The molecule has 132 valence electrons. The molecule has 2 aromatic heterocycles. The Morgan fingerprint density at radius 3 is 2.69 bits per heavy atom. The minimum atomic E-state index is 0.417. The van der Waals surface area contributed by atoms with E-state index in [1.54, 1.807) is 18.5 Å². The molecule has 2 heterocycles. The normalized spacial score (nSPS) is 10.4. The number of aryl methyl sites for hydroxylation is 1. The topological polar surface area (TPSA) is 75.6 Å². The molecule has 26 heavy (non-hydrogen) atoms. The number of thiocarbonyl (C=S) groups is 1. The van der Waals surface area contributed by atoms with Gasteiger partial charge in [-0.15, -0.1) is 0 Å². The van der Waals surface area contributed by atoms with Gasteiger partial charge in [-0.2, -0.15) is 0 Å². The third kappa shape index (κ3) is 5.35. The van der Waals surface area contributed by atoms with Crippen molar-refractivity contribution in [3.05, 3.63) is 65.1 Å². The molecule has 6 nitrogen and oxygen atoms in total. The Bertz CT molecular complexity index is 907. The van der Waals surface area contributed by atoms with Crippen LogP contribution in [0, 0.1) is 6.92 Å². The van der Waals surface area contributed by atoms with Gasteiger partial charge in [0.05, 0.1) is 0 Å². The summed E-state index contributed by atoms with van der Waals surface area (Å²) in [6.45, 7) is 2.40. The van der Waals surface area contributed by atoms with E-state index in [4.69, 9.17) is 23.8 Å². The summed E-state index contributed by atoms with van der Waals surface area (Å²) in [6.07, 6.45) is 3.38. The van der Waals surface area contributed by atoms with Gasteiger partial charge >= 0.3 is 0 Å². The van der Waals surface area contributed by atoms with Crippen molar-refractivity contribution < 1.29 is 0 Å². The predicted octanol–water partition coefficient (Wildman–Crippen LogP) is 3.87. The van der Waals surface area contributed by atoms with Gasteiger partial charge in [-0.3, -0.25) is 0 Å². The fraction of sp³-hybridized carbons (Fsp3) is 0.118. The minimum Gasteiger partial charge on any atom is -0.358 e. The number of aromatic nitrogens is 4. The Balaban J connectivity index is 1.63. The summed E-state index contributed by atoms with van der Waals surface area (Å²) in [4.78, 5) is 17.2. The minimum absolute atomic E-state index is 0.417. The van der Waals surface area contributed by atoms with Gasteiger partial charge in [0.15, 0.2) is 10.3 Å². The van der Waals surface area contributed by atoms with Gasteiger partial charge in [0, 0.05) is 29.7 Å². The van der Waals surface area contributed by atoms with E-state index in [1.165, 1.54) is 11.8 Å². The lowest BCUT2D eigenvalue weighted by Crippen LogP contribution is -2.29. The smallest absolute Gasteiger partial charge is 0.230 e. The van der Waals surface area contributed by atoms with Crippen LogP contribution in [0.4, 0.5) is 5.95 Å². The molecule has 0 aliphatic heterocycles. The van der Waals surface area contributed by atoms with Gasteiger partial charge in [0.1, 0.15) is 5.03 Å². The Morgan fingerprint density at radius 2 is 1.92 bits per heavy atom. The highest BCUT2D eigenvalue weighted by molar-refractivity contribution is 7.99. The number of nitrogens with zero attached hydrogens (tertiary/aromatic N) is 4. The van der Waals surface area contributed by atoms with E-state index < -0.39 is 0 Å². The van der Waals surface area contributed by atoms with Gasteiger partial charge in [-0.05, 0) is 54.7 Å². The highest BCUT2D eigenvalue weighted by atomic mass is 35.5. The van der Waals surface area contributed by atoms with Crippen LogP contribution in [0.5, 0.6) is 0 Å². The summed E-state index contributed by atoms with van der Waals surface area (Å²) in [6, 6.07) is 11.2. The molecule has 0 aliphatic carbocycles. The SMILES string of the molecule is Cc1cc(Sc2ncccn2)nc(NC(=S)NCc2ccccc2Cl)n1. The molecule has 0 bridgehead atoms. The molecular formula is C17H15ClN6S2. The molecule has 0 amide bonds. The molecular weight excluding hydrogens is 388 g/mol. The molecule has 0 saturated heterocycles. The number of halogens is 1. The third-order valence-corrected chi connectivity index (χ3v) is 4.62. The molecule has 0 fully saturated rings. The van der Waals surface area contributed by atoms with Crippen LogP contribution in [0.2, 0.25) is 5.02 Å². The number of hydrogen-bond acceptors (Lipinski definition) is 6.